The van der Waals surface area contributed by atoms with E-state index in [4.69, 9.17) is 4.42 Å². The number of nitrogens with zero attached hydrogens (tertiary/aromatic N) is 1. The van der Waals surface area contributed by atoms with Gasteiger partial charge in [-0.25, -0.2) is 0 Å². The molecule has 0 aliphatic heterocycles. The van der Waals surface area contributed by atoms with Crippen molar-refractivity contribution in [3.05, 3.63) is 29.3 Å². The number of aromatic nitrogens is 2. The Morgan fingerprint density at radius 1 is 1.41 bits per heavy atom. The first kappa shape index (κ1) is 11.9. The highest BCUT2D eigenvalue weighted by atomic mass is 16.3. The van der Waals surface area contributed by atoms with E-state index in [1.54, 1.807) is 0 Å². The van der Waals surface area contributed by atoms with Crippen molar-refractivity contribution in [3.63, 3.8) is 0 Å². The summed E-state index contributed by atoms with van der Waals surface area (Å²) in [7, 11) is 0. The smallest absolute Gasteiger partial charge is 0.110 e. The van der Waals surface area contributed by atoms with Crippen LogP contribution in [0.5, 0.6) is 0 Å². The van der Waals surface area contributed by atoms with E-state index in [0.29, 0.717) is 6.04 Å². The van der Waals surface area contributed by atoms with Gasteiger partial charge in [0.25, 0.3) is 0 Å². The number of hydrogen-bond donors (Lipinski definition) is 2. The fourth-order valence-electron chi connectivity index (χ4n) is 1.87. The van der Waals surface area contributed by atoms with Gasteiger partial charge in [-0.3, -0.25) is 5.10 Å². The van der Waals surface area contributed by atoms with Crippen LogP contribution in [0, 0.1) is 13.8 Å². The van der Waals surface area contributed by atoms with Gasteiger partial charge in [0.05, 0.1) is 11.9 Å². The maximum Gasteiger partial charge on any atom is 0.110 e. The van der Waals surface area contributed by atoms with Gasteiger partial charge in [0, 0.05) is 23.7 Å². The van der Waals surface area contributed by atoms with Gasteiger partial charge in [-0.2, -0.15) is 5.10 Å². The Labute approximate surface area is 101 Å². The number of nitrogens with one attached hydrogen (secondary N) is 2. The molecule has 0 saturated carbocycles. The standard InChI is InChI=1S/C13H19N3O/c1-8(2)14-6-11-7-15-16-13(11)12-5-9(3)17-10(12)4/h5,7-8,14H,6H2,1-4H3,(H,15,16). The molecular formula is C13H19N3O. The number of rotatable bonds is 4. The van der Waals surface area contributed by atoms with Crippen LogP contribution in [0.1, 0.15) is 30.9 Å². The maximum absolute atomic E-state index is 5.55. The van der Waals surface area contributed by atoms with Gasteiger partial charge in [-0.15, -0.1) is 0 Å². The molecule has 0 aliphatic rings. The Hall–Kier alpha value is -1.55. The van der Waals surface area contributed by atoms with Gasteiger partial charge in [-0.1, -0.05) is 13.8 Å². The molecule has 0 radical (unpaired) electrons. The van der Waals surface area contributed by atoms with E-state index in [1.165, 1.54) is 5.56 Å². The van der Waals surface area contributed by atoms with Gasteiger partial charge in [0.15, 0.2) is 0 Å². The Kier molecular flexibility index (Phi) is 3.33. The fourth-order valence-corrected chi connectivity index (χ4v) is 1.87. The second kappa shape index (κ2) is 4.75. The number of furan rings is 1. The summed E-state index contributed by atoms with van der Waals surface area (Å²) in [5, 5.41) is 10.6. The molecule has 2 aromatic rings. The summed E-state index contributed by atoms with van der Waals surface area (Å²) in [6.07, 6.45) is 1.87. The van der Waals surface area contributed by atoms with Crippen LogP contribution in [0.25, 0.3) is 11.3 Å². The summed E-state index contributed by atoms with van der Waals surface area (Å²) < 4.78 is 5.55. The van der Waals surface area contributed by atoms with Crippen molar-refractivity contribution < 1.29 is 4.42 Å². The Morgan fingerprint density at radius 2 is 2.18 bits per heavy atom. The zero-order valence-electron chi connectivity index (χ0n) is 10.8. The van der Waals surface area contributed by atoms with E-state index in [1.807, 2.05) is 26.1 Å². The molecule has 0 aliphatic carbocycles. The van der Waals surface area contributed by atoms with Crippen LogP contribution in [0.3, 0.4) is 0 Å². The Balaban J connectivity index is 2.27. The summed E-state index contributed by atoms with van der Waals surface area (Å²) in [5.74, 6) is 1.85. The van der Waals surface area contributed by atoms with Crippen LogP contribution in [-0.2, 0) is 6.54 Å². The second-order valence-corrected chi connectivity index (χ2v) is 4.63. The second-order valence-electron chi connectivity index (χ2n) is 4.63. The van der Waals surface area contributed by atoms with Crippen molar-refractivity contribution in [2.45, 2.75) is 40.3 Å². The van der Waals surface area contributed by atoms with E-state index in [-0.39, 0.29) is 0 Å². The van der Waals surface area contributed by atoms with Crippen molar-refractivity contribution in [1.82, 2.24) is 15.5 Å². The molecule has 17 heavy (non-hydrogen) atoms. The fraction of sp³-hybridized carbons (Fsp3) is 0.462. The average Bonchev–Trinajstić information content (AvgIpc) is 2.81. The van der Waals surface area contributed by atoms with Gasteiger partial charge >= 0.3 is 0 Å². The van der Waals surface area contributed by atoms with Crippen LogP contribution >= 0.6 is 0 Å². The van der Waals surface area contributed by atoms with E-state index in [0.717, 1.165) is 29.3 Å². The summed E-state index contributed by atoms with van der Waals surface area (Å²) >= 11 is 0. The highest BCUT2D eigenvalue weighted by Gasteiger charge is 2.13. The highest BCUT2D eigenvalue weighted by Crippen LogP contribution is 2.27. The lowest BCUT2D eigenvalue weighted by molar-refractivity contribution is 0.505. The molecule has 0 spiro atoms. The summed E-state index contributed by atoms with van der Waals surface area (Å²) in [5.41, 5.74) is 3.32. The Bertz CT molecular complexity index is 496. The van der Waals surface area contributed by atoms with Crippen LogP contribution < -0.4 is 5.32 Å². The van der Waals surface area contributed by atoms with E-state index in [2.05, 4.69) is 29.4 Å². The highest BCUT2D eigenvalue weighted by molar-refractivity contribution is 5.65. The molecule has 0 fully saturated rings. The third-order valence-corrected chi connectivity index (χ3v) is 2.73. The van der Waals surface area contributed by atoms with Gasteiger partial charge in [-0.05, 0) is 19.9 Å². The van der Waals surface area contributed by atoms with E-state index >= 15 is 0 Å². The minimum atomic E-state index is 0.463. The van der Waals surface area contributed by atoms with Crippen LogP contribution in [0.4, 0.5) is 0 Å². The van der Waals surface area contributed by atoms with E-state index < -0.39 is 0 Å². The molecule has 4 heteroatoms. The maximum atomic E-state index is 5.55. The minimum Gasteiger partial charge on any atom is -0.466 e. The van der Waals surface area contributed by atoms with Crippen molar-refractivity contribution >= 4 is 0 Å². The molecule has 2 heterocycles. The number of H-pyrrole nitrogens is 1. The van der Waals surface area contributed by atoms with Gasteiger partial charge in [0.1, 0.15) is 11.5 Å². The molecule has 0 unspecified atom stereocenters. The third-order valence-electron chi connectivity index (χ3n) is 2.73. The first-order valence-electron chi connectivity index (χ1n) is 5.91. The lowest BCUT2D eigenvalue weighted by Crippen LogP contribution is -2.21. The molecular weight excluding hydrogens is 214 g/mol. The first-order valence-corrected chi connectivity index (χ1v) is 5.91. The van der Waals surface area contributed by atoms with Gasteiger partial charge in [0.2, 0.25) is 0 Å². The van der Waals surface area contributed by atoms with Crippen LogP contribution in [-0.4, -0.2) is 16.2 Å². The largest absolute Gasteiger partial charge is 0.466 e. The lowest BCUT2D eigenvalue weighted by atomic mass is 10.1. The molecule has 0 atom stereocenters. The molecule has 0 saturated heterocycles. The minimum absolute atomic E-state index is 0.463. The average molecular weight is 233 g/mol. The van der Waals surface area contributed by atoms with Crippen molar-refractivity contribution in [2.75, 3.05) is 0 Å². The molecule has 4 nitrogen and oxygen atoms in total. The molecule has 92 valence electrons. The molecule has 2 rings (SSSR count). The topological polar surface area (TPSA) is 53.9 Å². The van der Waals surface area contributed by atoms with Crippen LogP contribution in [0.15, 0.2) is 16.7 Å². The van der Waals surface area contributed by atoms with Crippen molar-refractivity contribution in [2.24, 2.45) is 0 Å². The van der Waals surface area contributed by atoms with Crippen molar-refractivity contribution in [1.29, 1.82) is 0 Å². The van der Waals surface area contributed by atoms with Crippen molar-refractivity contribution in [3.8, 4) is 11.3 Å². The SMILES string of the molecule is Cc1cc(-c2[nH]ncc2CNC(C)C)c(C)o1. The summed E-state index contributed by atoms with van der Waals surface area (Å²) in [4.78, 5) is 0. The normalized spacial score (nSPS) is 11.4. The Morgan fingerprint density at radius 3 is 2.76 bits per heavy atom. The zero-order valence-corrected chi connectivity index (χ0v) is 10.8. The molecule has 0 aromatic carbocycles. The quantitative estimate of drug-likeness (QED) is 0.853. The number of hydrogen-bond acceptors (Lipinski definition) is 3. The van der Waals surface area contributed by atoms with E-state index in [9.17, 15) is 0 Å². The predicted octanol–water partition coefficient (Wildman–Crippen LogP) is 2.78. The summed E-state index contributed by atoms with van der Waals surface area (Å²) in [6.45, 7) is 9.01. The third kappa shape index (κ3) is 2.58. The molecule has 2 N–H and O–H groups in total. The number of aryl methyl sites for hydroxylation is 2. The van der Waals surface area contributed by atoms with Gasteiger partial charge < -0.3 is 9.73 Å². The molecule has 2 aromatic heterocycles. The van der Waals surface area contributed by atoms with Crippen LogP contribution in [0.2, 0.25) is 0 Å². The zero-order chi connectivity index (χ0) is 12.4. The molecule has 0 bridgehead atoms. The predicted molar refractivity (Wildman–Crippen MR) is 67.7 cm³/mol. The lowest BCUT2D eigenvalue weighted by Gasteiger charge is -2.07. The number of aromatic amines is 1. The monoisotopic (exact) mass is 233 g/mol. The molecule has 0 amide bonds. The summed E-state index contributed by atoms with van der Waals surface area (Å²) in [6, 6.07) is 2.51. The first-order chi connectivity index (χ1) is 8.08.